The second-order valence-corrected chi connectivity index (χ2v) is 23.0. The predicted molar refractivity (Wildman–Crippen MR) is 326 cm³/mol. The summed E-state index contributed by atoms with van der Waals surface area (Å²) >= 11 is 1.07. The number of ether oxygens (including phenoxy) is 6. The molecule has 4 aromatic heterocycles. The molecule has 0 unspecified atom stereocenters. The molecule has 4 aromatic carbocycles. The monoisotopic (exact) mass is 1230 g/mol. The highest BCUT2D eigenvalue weighted by molar-refractivity contribution is 7.10. The van der Waals surface area contributed by atoms with E-state index >= 15 is 0 Å². The Morgan fingerprint density at radius 1 is 0.854 bits per heavy atom. The maximum Gasteiger partial charge on any atom is 0.409 e. The van der Waals surface area contributed by atoms with E-state index in [1.807, 2.05) is 42.4 Å². The van der Waals surface area contributed by atoms with Crippen LogP contribution in [-0.2, 0) is 29.1 Å². The Balaban J connectivity index is 0.562. The summed E-state index contributed by atoms with van der Waals surface area (Å²) in [6.45, 7) is 2.82. The first-order valence-electron chi connectivity index (χ1n) is 29.1. The van der Waals surface area contributed by atoms with Gasteiger partial charge in [-0.1, -0.05) is 12.1 Å². The number of likely N-dealkylation sites (tertiary alicyclic amines) is 1. The van der Waals surface area contributed by atoms with E-state index in [0.29, 0.717) is 88.6 Å². The molecule has 4 aliphatic rings. The van der Waals surface area contributed by atoms with Crippen LogP contribution in [-0.4, -0.2) is 155 Å². The lowest BCUT2D eigenvalue weighted by atomic mass is 9.95. The van der Waals surface area contributed by atoms with E-state index in [0.717, 1.165) is 70.5 Å². The molecule has 1 saturated heterocycles. The number of pyridine rings is 1. The Morgan fingerprint density at radius 2 is 1.62 bits per heavy atom. The van der Waals surface area contributed by atoms with Crippen LogP contribution in [0.5, 0.6) is 34.8 Å². The molecular weight excluding hydrogens is 1160 g/mol. The van der Waals surface area contributed by atoms with Gasteiger partial charge in [-0.15, -0.1) is 4.37 Å². The lowest BCUT2D eigenvalue weighted by Crippen LogP contribution is -2.40. The van der Waals surface area contributed by atoms with Crippen molar-refractivity contribution in [3.63, 3.8) is 0 Å². The fraction of sp³-hybridized carbons (Fsp3) is 0.355. The molecule has 27 heteroatoms. The predicted octanol–water partition coefficient (Wildman–Crippen LogP) is 8.87. The number of fused-ring (bicyclic) bond motifs is 7. The van der Waals surface area contributed by atoms with Crippen molar-refractivity contribution in [2.24, 2.45) is 22.1 Å². The molecule has 89 heavy (non-hydrogen) atoms. The zero-order valence-electron chi connectivity index (χ0n) is 49.6. The summed E-state index contributed by atoms with van der Waals surface area (Å²) in [4.78, 5) is 86.4. The zero-order valence-corrected chi connectivity index (χ0v) is 50.4. The fourth-order valence-corrected chi connectivity index (χ4v) is 12.3. The summed E-state index contributed by atoms with van der Waals surface area (Å²) in [5, 5.41) is 27.5. The lowest BCUT2D eigenvalue weighted by molar-refractivity contribution is -0.686. The number of aryl methyl sites for hydroxylation is 2. The number of anilines is 2. The summed E-state index contributed by atoms with van der Waals surface area (Å²) in [5.74, 6) is 2.43. The largest absolute Gasteiger partial charge is 0.507 e. The maximum absolute atomic E-state index is 13.8. The number of aromatic nitrogens is 6. The van der Waals surface area contributed by atoms with Gasteiger partial charge in [0.25, 0.3) is 5.91 Å². The zero-order chi connectivity index (χ0) is 61.9. The summed E-state index contributed by atoms with van der Waals surface area (Å²) in [6, 6.07) is 22.8. The van der Waals surface area contributed by atoms with Gasteiger partial charge in [0.1, 0.15) is 24.5 Å². The molecule has 3 N–H and O–H groups in total. The minimum atomic E-state index is -0.574. The molecule has 0 bridgehead atoms. The number of azo groups is 1. The fourth-order valence-electron chi connectivity index (χ4n) is 11.8. The Hall–Kier alpha value is -10.2. The van der Waals surface area contributed by atoms with E-state index < -0.39 is 18.0 Å². The quantitative estimate of drug-likeness (QED) is 0.0224. The molecule has 8 aromatic rings. The molecule has 7 heterocycles. The van der Waals surface area contributed by atoms with E-state index in [1.54, 1.807) is 50.6 Å². The number of methoxy groups -OCH3 is 2. The number of amides is 5. The number of unbranched alkanes of at least 4 members (excludes halogenated alkanes) is 1. The topological polar surface area (TPSA) is 283 Å². The standard InChI is InChI=1S/C62H64N14O12S/c1-71(61(81)76-21-18-44-55(64-34-65-56(44)76)73(3)43-24-39-30-75(31-40(39)25-43)60(80)67-59-66-58(84-5)70-89-59)22-23-72(2)62(82)85-33-36-9-12-41(13-10-36)68-69-42-14-15-49(77)46(28-42)57(79)63-19-7-6-8-53(78)88-54-47-32-74-20-17-38-27-51-52(87-35-86-51)29-45(38)48(74)26-37(47)11-16-50(54)83-4/h9-16,18,21,26-29,32,34,39-40,43H,6-8,17,19-20,22-25,30-31,33,35H2,1-5H3,(H2-,63,66,67,68,70,77,79,80)/p+1/t39-,40+,43+. The smallest absolute Gasteiger partial charge is 0.409 e. The van der Waals surface area contributed by atoms with E-state index in [-0.39, 0.29) is 74.9 Å². The number of carbonyl (C=O) groups is 5. The summed E-state index contributed by atoms with van der Waals surface area (Å²) < 4.78 is 41.1. The van der Waals surface area contributed by atoms with Gasteiger partial charge in [-0.25, -0.2) is 24.4 Å². The number of urea groups is 1. The van der Waals surface area contributed by atoms with Gasteiger partial charge in [0.05, 0.1) is 47.5 Å². The van der Waals surface area contributed by atoms with Gasteiger partial charge >= 0.3 is 30.1 Å². The number of rotatable bonds is 19. The van der Waals surface area contributed by atoms with Crippen LogP contribution >= 0.6 is 11.5 Å². The molecular formula is C62H65N14O12S+. The number of hydrogen-bond acceptors (Lipinski definition) is 20. The number of phenolic OH excluding ortho intramolecular Hbond substituents is 1. The molecule has 12 rings (SSSR count). The van der Waals surface area contributed by atoms with Gasteiger partial charge in [0.15, 0.2) is 41.4 Å². The van der Waals surface area contributed by atoms with Gasteiger partial charge in [-0.3, -0.25) is 19.5 Å². The number of esters is 1. The average Bonchev–Trinajstić information content (AvgIpc) is 2.73. The van der Waals surface area contributed by atoms with Crippen LogP contribution in [0.4, 0.5) is 36.7 Å². The molecule has 1 aliphatic carbocycles. The molecule has 26 nitrogen and oxygen atoms in total. The van der Waals surface area contributed by atoms with Gasteiger partial charge < -0.3 is 58.4 Å². The van der Waals surface area contributed by atoms with Crippen LogP contribution in [0, 0.1) is 11.8 Å². The van der Waals surface area contributed by atoms with Crippen LogP contribution in [0.15, 0.2) is 108 Å². The van der Waals surface area contributed by atoms with Gasteiger partial charge in [-0.05, 0) is 115 Å². The minimum absolute atomic E-state index is 0.0115. The Kier molecular flexibility index (Phi) is 17.0. The van der Waals surface area contributed by atoms with Crippen LogP contribution in [0.3, 0.4) is 0 Å². The highest BCUT2D eigenvalue weighted by atomic mass is 32.1. The van der Waals surface area contributed by atoms with Crippen molar-refractivity contribution < 1.29 is 62.1 Å². The summed E-state index contributed by atoms with van der Waals surface area (Å²) in [7, 11) is 8.27. The van der Waals surface area contributed by atoms with Crippen LogP contribution in [0.25, 0.3) is 33.1 Å². The molecule has 460 valence electrons. The minimum Gasteiger partial charge on any atom is -0.507 e. The van der Waals surface area contributed by atoms with Crippen molar-refractivity contribution in [1.29, 1.82) is 0 Å². The number of phenols is 1. The van der Waals surface area contributed by atoms with Crippen LogP contribution in [0.2, 0.25) is 0 Å². The first-order valence-corrected chi connectivity index (χ1v) is 29.9. The van der Waals surface area contributed by atoms with Crippen molar-refractivity contribution in [3.05, 3.63) is 114 Å². The molecule has 2 fully saturated rings. The van der Waals surface area contributed by atoms with Gasteiger partial charge in [-0.2, -0.15) is 19.8 Å². The number of nitrogens with one attached hydrogen (secondary N) is 2. The maximum atomic E-state index is 13.8. The molecule has 3 aliphatic heterocycles. The SMILES string of the molecule is COc1nsc(NC(=O)N2C[C@H]3C[C@H](N(C)c4ncnc5c4ccn5C(=O)N(C)CCN(C)C(=O)OCc4ccc(/N=N/c5ccc(O)c(C(=O)NCCCCC(=O)Oc6c(OC)ccc7cc8[n+](cc67)CCc6cc7c(cc6-8)OCO7)c5)cc4)C[C@H]3C2)n1. The number of likely N-dealkylation sites (N-methyl/N-ethyl adjacent to an activating group) is 2. The first kappa shape index (κ1) is 59.2. The summed E-state index contributed by atoms with van der Waals surface area (Å²) in [5.41, 5.74) is 5.25. The number of carbonyl (C=O) groups excluding carboxylic acids is 5. The molecule has 0 spiro atoms. The number of nitrogens with zero attached hydrogens (tertiary/aromatic N) is 12. The van der Waals surface area contributed by atoms with Crippen molar-refractivity contribution in [3.8, 4) is 46.0 Å². The Labute approximate surface area is 514 Å². The van der Waals surface area contributed by atoms with Crippen molar-refractivity contribution in [2.45, 2.75) is 57.7 Å². The van der Waals surface area contributed by atoms with Crippen molar-refractivity contribution >= 4 is 85.7 Å². The third-order valence-electron chi connectivity index (χ3n) is 16.7. The highest BCUT2D eigenvalue weighted by Crippen LogP contribution is 2.44. The summed E-state index contributed by atoms with van der Waals surface area (Å²) in [6.07, 6.45) is 8.10. The second kappa shape index (κ2) is 25.6. The van der Waals surface area contributed by atoms with Gasteiger partial charge in [0, 0.05) is 96.5 Å². The van der Waals surface area contributed by atoms with Crippen molar-refractivity contribution in [1.82, 2.24) is 43.9 Å². The molecule has 1 saturated carbocycles. The first-order chi connectivity index (χ1) is 43.2. The average molecular weight is 1230 g/mol. The molecule has 0 radical (unpaired) electrons. The second-order valence-electron chi connectivity index (χ2n) is 22.3. The molecule has 5 amide bonds. The third kappa shape index (κ3) is 12.7. The van der Waals surface area contributed by atoms with E-state index in [4.69, 9.17) is 28.4 Å². The number of hydrogen-bond donors (Lipinski definition) is 3. The van der Waals surface area contributed by atoms with E-state index in [9.17, 15) is 29.1 Å². The third-order valence-corrected chi connectivity index (χ3v) is 17.3. The van der Waals surface area contributed by atoms with E-state index in [2.05, 4.69) is 55.7 Å². The van der Waals surface area contributed by atoms with Crippen LogP contribution < -0.4 is 43.8 Å². The number of benzene rings is 4. The lowest BCUT2D eigenvalue weighted by Gasteiger charge is -2.28. The van der Waals surface area contributed by atoms with Gasteiger partial charge in [0.2, 0.25) is 17.6 Å². The number of aromatic hydroxyl groups is 1. The Bertz CT molecular complexity index is 4050. The molecule has 3 atom stereocenters. The van der Waals surface area contributed by atoms with E-state index in [1.165, 1.54) is 58.7 Å². The Morgan fingerprint density at radius 3 is 2.39 bits per heavy atom. The highest BCUT2D eigenvalue weighted by Gasteiger charge is 2.44. The van der Waals surface area contributed by atoms with Crippen LogP contribution in [0.1, 0.15) is 53.6 Å². The van der Waals surface area contributed by atoms with Crippen molar-refractivity contribution in [2.75, 3.05) is 85.1 Å². The normalized spacial score (nSPS) is 16.2.